The molecule has 2 atom stereocenters. The first-order valence-electron chi connectivity index (χ1n) is 14.3. The smallest absolute Gasteiger partial charge is 0.230 e. The molecule has 40 heavy (non-hydrogen) atoms. The molecule has 2 fully saturated rings. The fourth-order valence-corrected chi connectivity index (χ4v) is 6.54. The van der Waals surface area contributed by atoms with Crippen molar-refractivity contribution in [2.75, 3.05) is 40.5 Å². The average Bonchev–Trinajstić information content (AvgIpc) is 3.74. The number of piperidine rings is 1. The van der Waals surface area contributed by atoms with Gasteiger partial charge in [0.15, 0.2) is 11.6 Å². The van der Waals surface area contributed by atoms with Gasteiger partial charge in [-0.1, -0.05) is 23.7 Å². The van der Waals surface area contributed by atoms with Crippen LogP contribution in [0.2, 0.25) is 5.02 Å². The number of hydrogen-bond acceptors (Lipinski definition) is 5. The van der Waals surface area contributed by atoms with E-state index in [-0.39, 0.29) is 18.6 Å². The Morgan fingerprint density at radius 2 is 1.77 bits per heavy atom. The van der Waals surface area contributed by atoms with Crippen LogP contribution in [0.5, 0.6) is 0 Å². The van der Waals surface area contributed by atoms with Gasteiger partial charge in [-0.3, -0.25) is 4.79 Å². The standard InChI is InChI=1S/C31H39ClF2N2O4/c1-38-11-3-5-20-13-21(6-4-12-39-2)29(32)22(14-20)18-36(24-7-8-24)30(37)26-17-35-10-9-31(26)25-16-28(34)27(33)15-23(25)19-40-31/h13-16,24,26,35H,3-12,17-19H2,1-2H3/t26?,31-/m0/s1. The van der Waals surface area contributed by atoms with Crippen LogP contribution in [0, 0.1) is 17.6 Å². The lowest BCUT2D eigenvalue weighted by Gasteiger charge is -2.43. The zero-order valence-corrected chi connectivity index (χ0v) is 24.1. The molecular weight excluding hydrogens is 538 g/mol. The number of methoxy groups -OCH3 is 2. The van der Waals surface area contributed by atoms with Crippen LogP contribution < -0.4 is 5.32 Å². The Hall–Kier alpha value is -2.10. The summed E-state index contributed by atoms with van der Waals surface area (Å²) in [7, 11) is 3.39. The lowest BCUT2D eigenvalue weighted by molar-refractivity contribution is -0.157. The minimum absolute atomic E-state index is 0.0333. The number of nitrogens with zero attached hydrogens (tertiary/aromatic N) is 1. The number of hydrogen-bond donors (Lipinski definition) is 1. The highest BCUT2D eigenvalue weighted by Gasteiger charge is 2.53. The van der Waals surface area contributed by atoms with Crippen LogP contribution in [-0.2, 0) is 50.6 Å². The minimum atomic E-state index is -0.976. The first-order valence-corrected chi connectivity index (χ1v) is 14.7. The van der Waals surface area contributed by atoms with Crippen molar-refractivity contribution in [2.24, 2.45) is 5.92 Å². The molecule has 1 saturated carbocycles. The normalized spacial score (nSPS) is 22.1. The maximum atomic E-state index is 14.4. The van der Waals surface area contributed by atoms with E-state index in [0.29, 0.717) is 55.4 Å². The molecule has 2 heterocycles. The first-order chi connectivity index (χ1) is 19.4. The van der Waals surface area contributed by atoms with Crippen molar-refractivity contribution < 1.29 is 27.8 Å². The molecule has 5 rings (SSSR count). The molecule has 1 saturated heterocycles. The topological polar surface area (TPSA) is 60.0 Å². The van der Waals surface area contributed by atoms with E-state index in [1.807, 2.05) is 4.90 Å². The second-order valence-electron chi connectivity index (χ2n) is 11.2. The van der Waals surface area contributed by atoms with Gasteiger partial charge >= 0.3 is 0 Å². The molecule has 1 amide bonds. The molecule has 2 aliphatic heterocycles. The maximum Gasteiger partial charge on any atom is 0.230 e. The third kappa shape index (κ3) is 6.07. The SMILES string of the molecule is COCCCc1cc(CCCOC)c(Cl)c(CN(C(=O)C2CNCC[C@@]23OCc2cc(F)c(F)cc23)C2CC2)c1. The number of amides is 1. The monoisotopic (exact) mass is 576 g/mol. The zero-order chi connectivity index (χ0) is 28.3. The third-order valence-corrected chi connectivity index (χ3v) is 8.96. The number of aryl methyl sites for hydroxylation is 2. The zero-order valence-electron chi connectivity index (χ0n) is 23.4. The van der Waals surface area contributed by atoms with Crippen molar-refractivity contribution >= 4 is 17.5 Å². The van der Waals surface area contributed by atoms with E-state index in [0.717, 1.165) is 49.7 Å². The molecule has 2 aromatic carbocycles. The van der Waals surface area contributed by atoms with E-state index < -0.39 is 23.2 Å². The van der Waals surface area contributed by atoms with Gasteiger partial charge in [-0.05, 0) is 91.4 Å². The number of ether oxygens (including phenoxy) is 3. The first kappa shape index (κ1) is 29.4. The molecule has 0 aromatic heterocycles. The summed E-state index contributed by atoms with van der Waals surface area (Å²) in [5, 5.41) is 4.04. The van der Waals surface area contributed by atoms with Crippen LogP contribution in [0.1, 0.15) is 59.9 Å². The summed E-state index contributed by atoms with van der Waals surface area (Å²) in [4.78, 5) is 16.3. The lowest BCUT2D eigenvalue weighted by atomic mass is 9.75. The molecule has 3 aliphatic rings. The van der Waals surface area contributed by atoms with Crippen LogP contribution in [0.25, 0.3) is 0 Å². The molecule has 0 radical (unpaired) electrons. The van der Waals surface area contributed by atoms with E-state index >= 15 is 0 Å². The predicted octanol–water partition coefficient (Wildman–Crippen LogP) is 5.30. The van der Waals surface area contributed by atoms with Gasteiger partial charge in [0.2, 0.25) is 5.91 Å². The number of nitrogens with one attached hydrogen (secondary N) is 1. The van der Waals surface area contributed by atoms with Crippen molar-refractivity contribution in [3.63, 3.8) is 0 Å². The van der Waals surface area contributed by atoms with Gasteiger partial charge in [-0.25, -0.2) is 8.78 Å². The van der Waals surface area contributed by atoms with Crippen LogP contribution >= 0.6 is 11.6 Å². The van der Waals surface area contributed by atoms with E-state index in [4.69, 9.17) is 25.8 Å². The number of benzene rings is 2. The van der Waals surface area contributed by atoms with Gasteiger partial charge in [0.25, 0.3) is 0 Å². The summed E-state index contributed by atoms with van der Waals surface area (Å²) in [6.45, 7) is 2.93. The van der Waals surface area contributed by atoms with E-state index in [2.05, 4.69) is 17.4 Å². The highest BCUT2D eigenvalue weighted by atomic mass is 35.5. The Kier molecular flexibility index (Phi) is 9.42. The molecule has 0 bridgehead atoms. The summed E-state index contributed by atoms with van der Waals surface area (Å²) >= 11 is 6.98. The number of halogens is 3. The van der Waals surface area contributed by atoms with Crippen molar-refractivity contribution in [1.29, 1.82) is 0 Å². The van der Waals surface area contributed by atoms with Gasteiger partial charge in [-0.2, -0.15) is 0 Å². The Morgan fingerprint density at radius 1 is 1.07 bits per heavy atom. The molecule has 6 nitrogen and oxygen atoms in total. The Balaban J connectivity index is 1.44. The van der Waals surface area contributed by atoms with Gasteiger partial charge in [0.05, 0.1) is 12.5 Å². The minimum Gasteiger partial charge on any atom is -0.385 e. The van der Waals surface area contributed by atoms with Gasteiger partial charge in [0, 0.05) is 51.6 Å². The van der Waals surface area contributed by atoms with Crippen molar-refractivity contribution in [3.8, 4) is 0 Å². The highest BCUT2D eigenvalue weighted by molar-refractivity contribution is 6.32. The van der Waals surface area contributed by atoms with Crippen LogP contribution in [-0.4, -0.2) is 57.4 Å². The second-order valence-corrected chi connectivity index (χ2v) is 11.6. The quantitative estimate of drug-likeness (QED) is 0.347. The molecule has 1 aliphatic carbocycles. The van der Waals surface area contributed by atoms with E-state index in [1.54, 1.807) is 14.2 Å². The molecule has 1 unspecified atom stereocenters. The third-order valence-electron chi connectivity index (χ3n) is 8.47. The number of carbonyl (C=O) groups excluding carboxylic acids is 1. The molecule has 218 valence electrons. The van der Waals surface area contributed by atoms with E-state index in [1.165, 1.54) is 17.7 Å². The molecule has 2 aromatic rings. The fourth-order valence-electron chi connectivity index (χ4n) is 6.28. The Labute approximate surface area is 240 Å². The molecule has 1 spiro atoms. The summed E-state index contributed by atoms with van der Waals surface area (Å²) in [6, 6.07) is 6.85. The van der Waals surface area contributed by atoms with Crippen molar-refractivity contribution in [1.82, 2.24) is 10.2 Å². The number of rotatable bonds is 12. The summed E-state index contributed by atoms with van der Waals surface area (Å²) in [6.07, 6.45) is 5.77. The van der Waals surface area contributed by atoms with E-state index in [9.17, 15) is 13.6 Å². The summed E-state index contributed by atoms with van der Waals surface area (Å²) < 4.78 is 45.2. The summed E-state index contributed by atoms with van der Waals surface area (Å²) in [5.74, 6) is -2.39. The fraction of sp³-hybridized carbons (Fsp3) is 0.581. The number of carbonyl (C=O) groups is 1. The summed E-state index contributed by atoms with van der Waals surface area (Å²) in [5.41, 5.74) is 3.41. The predicted molar refractivity (Wildman–Crippen MR) is 149 cm³/mol. The van der Waals surface area contributed by atoms with Crippen LogP contribution in [0.15, 0.2) is 24.3 Å². The van der Waals surface area contributed by atoms with Gasteiger partial charge in [-0.15, -0.1) is 0 Å². The molecular formula is C31H39ClF2N2O4. The second kappa shape index (κ2) is 12.8. The van der Waals surface area contributed by atoms with Gasteiger partial charge in [0.1, 0.15) is 5.60 Å². The number of fused-ring (bicyclic) bond motifs is 2. The van der Waals surface area contributed by atoms with Crippen molar-refractivity contribution in [2.45, 2.75) is 69.7 Å². The molecule has 1 N–H and O–H groups in total. The Bertz CT molecular complexity index is 1220. The maximum absolute atomic E-state index is 14.4. The highest BCUT2D eigenvalue weighted by Crippen LogP contribution is 2.48. The van der Waals surface area contributed by atoms with Crippen LogP contribution in [0.3, 0.4) is 0 Å². The van der Waals surface area contributed by atoms with Crippen LogP contribution in [0.4, 0.5) is 8.78 Å². The molecule has 9 heteroatoms. The lowest BCUT2D eigenvalue weighted by Crippen LogP contribution is -2.55. The van der Waals surface area contributed by atoms with Gasteiger partial charge < -0.3 is 24.4 Å². The largest absolute Gasteiger partial charge is 0.385 e. The average molecular weight is 577 g/mol. The Morgan fingerprint density at radius 3 is 2.50 bits per heavy atom. The van der Waals surface area contributed by atoms with Crippen molar-refractivity contribution in [3.05, 3.63) is 68.7 Å².